The van der Waals surface area contributed by atoms with Gasteiger partial charge in [0.25, 0.3) is 0 Å². The van der Waals surface area contributed by atoms with Crippen LogP contribution in [0.2, 0.25) is 0 Å². The van der Waals surface area contributed by atoms with Gasteiger partial charge in [0.05, 0.1) is 0 Å². The monoisotopic (exact) mass is 278 g/mol. The van der Waals surface area contributed by atoms with Crippen LogP contribution in [-0.4, -0.2) is 29.4 Å². The van der Waals surface area contributed by atoms with Gasteiger partial charge in [-0.05, 0) is 69.6 Å². The Morgan fingerprint density at radius 2 is 2.15 bits per heavy atom. The summed E-state index contributed by atoms with van der Waals surface area (Å²) in [6.07, 6.45) is 11.1. The van der Waals surface area contributed by atoms with Gasteiger partial charge < -0.3 is 10.6 Å². The maximum Gasteiger partial charge on any atom is 0.222 e. The highest BCUT2D eigenvalue weighted by Gasteiger charge is 2.41. The third kappa shape index (κ3) is 3.03. The Hall–Kier alpha value is -0.570. The molecule has 2 bridgehead atoms. The minimum atomic E-state index is 0.144. The predicted octanol–water partition coefficient (Wildman–Crippen LogP) is 2.93. The van der Waals surface area contributed by atoms with Crippen LogP contribution in [0.15, 0.2) is 0 Å². The van der Waals surface area contributed by atoms with Gasteiger partial charge in [-0.3, -0.25) is 4.79 Å². The molecule has 1 saturated heterocycles. The third-order valence-electron chi connectivity index (χ3n) is 5.97. The number of nitrogens with zero attached hydrogens (tertiary/aromatic N) is 1. The van der Waals surface area contributed by atoms with Crippen LogP contribution in [0, 0.1) is 17.8 Å². The van der Waals surface area contributed by atoms with Gasteiger partial charge in [-0.2, -0.15) is 0 Å². The lowest BCUT2D eigenvalue weighted by molar-refractivity contribution is -0.132. The van der Waals surface area contributed by atoms with Crippen molar-refractivity contribution in [1.82, 2.24) is 4.90 Å². The Morgan fingerprint density at radius 1 is 1.30 bits per heavy atom. The van der Waals surface area contributed by atoms with E-state index in [0.717, 1.165) is 30.7 Å². The fourth-order valence-corrected chi connectivity index (χ4v) is 4.92. The Labute approximate surface area is 123 Å². The number of nitrogens with two attached hydrogens (primary N) is 1. The van der Waals surface area contributed by atoms with E-state index in [1.54, 1.807) is 0 Å². The minimum absolute atomic E-state index is 0.144. The molecule has 2 aliphatic carbocycles. The first-order valence-corrected chi connectivity index (χ1v) is 8.68. The number of carbonyl (C=O) groups is 1. The number of hydrogen-bond donors (Lipinski definition) is 1. The van der Waals surface area contributed by atoms with E-state index in [-0.39, 0.29) is 6.04 Å². The van der Waals surface area contributed by atoms with Crippen LogP contribution in [0.25, 0.3) is 0 Å². The van der Waals surface area contributed by atoms with Crippen molar-refractivity contribution >= 4 is 5.91 Å². The van der Waals surface area contributed by atoms with Crippen molar-refractivity contribution in [2.75, 3.05) is 6.54 Å². The summed E-state index contributed by atoms with van der Waals surface area (Å²) >= 11 is 0. The predicted molar refractivity (Wildman–Crippen MR) is 81.2 cm³/mol. The largest absolute Gasteiger partial charge is 0.340 e. The molecule has 0 spiro atoms. The summed E-state index contributed by atoms with van der Waals surface area (Å²) < 4.78 is 0. The fourth-order valence-electron chi connectivity index (χ4n) is 4.92. The van der Waals surface area contributed by atoms with E-state index >= 15 is 0 Å². The van der Waals surface area contributed by atoms with Gasteiger partial charge >= 0.3 is 0 Å². The topological polar surface area (TPSA) is 46.3 Å². The maximum absolute atomic E-state index is 12.4. The summed E-state index contributed by atoms with van der Waals surface area (Å²) in [5.74, 6) is 3.28. The van der Waals surface area contributed by atoms with E-state index in [4.69, 9.17) is 5.73 Å². The molecule has 1 amide bonds. The van der Waals surface area contributed by atoms with Crippen LogP contribution in [-0.2, 0) is 4.79 Å². The molecule has 3 rings (SSSR count). The van der Waals surface area contributed by atoms with Crippen molar-refractivity contribution in [2.24, 2.45) is 23.5 Å². The van der Waals surface area contributed by atoms with Gasteiger partial charge in [-0.1, -0.05) is 6.42 Å². The van der Waals surface area contributed by atoms with E-state index in [0.29, 0.717) is 18.4 Å². The second-order valence-electron chi connectivity index (χ2n) is 7.57. The molecule has 1 aliphatic heterocycles. The minimum Gasteiger partial charge on any atom is -0.340 e. The number of likely N-dealkylation sites (tertiary alicyclic amines) is 1. The Balaban J connectivity index is 1.51. The second-order valence-corrected chi connectivity index (χ2v) is 7.57. The first kappa shape index (κ1) is 14.4. The molecule has 0 aromatic heterocycles. The first-order chi connectivity index (χ1) is 9.63. The number of fused-ring (bicyclic) bond motifs is 2. The quantitative estimate of drug-likeness (QED) is 0.840. The second kappa shape index (κ2) is 6.05. The summed E-state index contributed by atoms with van der Waals surface area (Å²) in [6.45, 7) is 2.98. The molecule has 3 heteroatoms. The molecule has 5 atom stereocenters. The molecule has 20 heavy (non-hydrogen) atoms. The normalized spacial score (nSPS) is 37.6. The molecule has 3 fully saturated rings. The molecule has 0 aromatic rings. The molecule has 0 radical (unpaired) electrons. The lowest BCUT2D eigenvalue weighted by Gasteiger charge is -2.30. The molecule has 3 aliphatic rings. The van der Waals surface area contributed by atoms with E-state index < -0.39 is 0 Å². The van der Waals surface area contributed by atoms with Gasteiger partial charge in [0.1, 0.15) is 0 Å². The number of rotatable bonds is 5. The van der Waals surface area contributed by atoms with Gasteiger partial charge in [0, 0.05) is 25.0 Å². The van der Waals surface area contributed by atoms with Gasteiger partial charge in [0.2, 0.25) is 5.91 Å². The summed E-state index contributed by atoms with van der Waals surface area (Å²) in [7, 11) is 0. The molecule has 1 heterocycles. The van der Waals surface area contributed by atoms with Gasteiger partial charge in [-0.25, -0.2) is 0 Å². The molecule has 114 valence electrons. The number of hydrogen-bond acceptors (Lipinski definition) is 2. The third-order valence-corrected chi connectivity index (χ3v) is 5.97. The van der Waals surface area contributed by atoms with Crippen molar-refractivity contribution in [1.29, 1.82) is 0 Å². The van der Waals surface area contributed by atoms with Gasteiger partial charge in [-0.15, -0.1) is 0 Å². The summed E-state index contributed by atoms with van der Waals surface area (Å²) in [6, 6.07) is 0.686. The zero-order chi connectivity index (χ0) is 14.1. The van der Waals surface area contributed by atoms with Gasteiger partial charge in [0.15, 0.2) is 0 Å². The number of carbonyl (C=O) groups excluding carboxylic acids is 1. The van der Waals surface area contributed by atoms with Crippen molar-refractivity contribution in [3.63, 3.8) is 0 Å². The Bertz CT molecular complexity index is 355. The highest BCUT2D eigenvalue weighted by molar-refractivity contribution is 5.76. The lowest BCUT2D eigenvalue weighted by Crippen LogP contribution is -2.37. The molecule has 5 unspecified atom stereocenters. The molecular formula is C17H30N2O. The number of amides is 1. The average molecular weight is 278 g/mol. The van der Waals surface area contributed by atoms with Crippen molar-refractivity contribution in [2.45, 2.75) is 76.8 Å². The summed E-state index contributed by atoms with van der Waals surface area (Å²) in [4.78, 5) is 14.6. The molecule has 2 N–H and O–H groups in total. The maximum atomic E-state index is 12.4. The van der Waals surface area contributed by atoms with Crippen molar-refractivity contribution in [3.05, 3.63) is 0 Å². The summed E-state index contributed by atoms with van der Waals surface area (Å²) in [5.41, 5.74) is 5.78. The molecule has 0 aromatic carbocycles. The fraction of sp³-hybridized carbons (Fsp3) is 0.941. The van der Waals surface area contributed by atoms with Crippen molar-refractivity contribution in [3.8, 4) is 0 Å². The smallest absolute Gasteiger partial charge is 0.222 e. The molecule has 2 saturated carbocycles. The van der Waals surface area contributed by atoms with E-state index in [1.165, 1.54) is 44.9 Å². The van der Waals surface area contributed by atoms with Crippen molar-refractivity contribution < 1.29 is 4.79 Å². The van der Waals surface area contributed by atoms with Crippen LogP contribution in [0.5, 0.6) is 0 Å². The standard InChI is InChI=1S/C17H30N2O/c1-12(18)4-7-17(20)19-8-2-3-16(19)11-15-10-13-5-6-14(15)9-13/h12-16H,2-11,18H2,1H3. The first-order valence-electron chi connectivity index (χ1n) is 8.68. The molecular weight excluding hydrogens is 248 g/mol. The van der Waals surface area contributed by atoms with Crippen LogP contribution in [0.1, 0.15) is 64.7 Å². The Kier molecular flexibility index (Phi) is 4.34. The summed E-state index contributed by atoms with van der Waals surface area (Å²) in [5, 5.41) is 0. The van der Waals surface area contributed by atoms with E-state index in [2.05, 4.69) is 4.90 Å². The van der Waals surface area contributed by atoms with Crippen LogP contribution >= 0.6 is 0 Å². The van der Waals surface area contributed by atoms with Crippen LogP contribution < -0.4 is 5.73 Å². The lowest BCUT2D eigenvalue weighted by atomic mass is 9.83. The zero-order valence-corrected chi connectivity index (χ0v) is 12.9. The highest BCUT2D eigenvalue weighted by atomic mass is 16.2. The zero-order valence-electron chi connectivity index (χ0n) is 12.9. The molecule has 3 nitrogen and oxygen atoms in total. The highest BCUT2D eigenvalue weighted by Crippen LogP contribution is 2.50. The van der Waals surface area contributed by atoms with Crippen LogP contribution in [0.4, 0.5) is 0 Å². The van der Waals surface area contributed by atoms with Crippen LogP contribution in [0.3, 0.4) is 0 Å². The van der Waals surface area contributed by atoms with E-state index in [9.17, 15) is 4.79 Å². The van der Waals surface area contributed by atoms with E-state index in [1.807, 2.05) is 6.92 Å². The Morgan fingerprint density at radius 3 is 2.80 bits per heavy atom. The average Bonchev–Trinajstić information content (AvgIpc) is 3.11. The SMILES string of the molecule is CC(N)CCC(=O)N1CCCC1CC1CC2CCC1C2.